The molecule has 3 amide bonds. The summed E-state index contributed by atoms with van der Waals surface area (Å²) >= 11 is 0.858. The van der Waals surface area contributed by atoms with E-state index in [4.69, 9.17) is 14.0 Å². The fourth-order valence-corrected chi connectivity index (χ4v) is 4.49. The summed E-state index contributed by atoms with van der Waals surface area (Å²) < 4.78 is 15.8. The number of rotatable bonds is 6. The van der Waals surface area contributed by atoms with Crippen LogP contribution in [0.1, 0.15) is 41.4 Å². The summed E-state index contributed by atoms with van der Waals surface area (Å²) in [6.07, 6.45) is 3.04. The average Bonchev–Trinajstić information content (AvgIpc) is 3.52. The fraction of sp³-hybridized carbons (Fsp3) is 0.261. The first-order valence-corrected chi connectivity index (χ1v) is 11.4. The predicted molar refractivity (Wildman–Crippen MR) is 123 cm³/mol. The van der Waals surface area contributed by atoms with Gasteiger partial charge in [-0.3, -0.25) is 19.3 Å². The number of imide groups is 1. The average molecular weight is 481 g/mol. The molecule has 0 unspecified atom stereocenters. The zero-order chi connectivity index (χ0) is 23.8. The van der Waals surface area contributed by atoms with Crippen LogP contribution >= 0.6 is 11.8 Å². The summed E-state index contributed by atoms with van der Waals surface area (Å²) in [6.45, 7) is 4.26. The maximum Gasteiger partial charge on any atom is 0.293 e. The fourth-order valence-electron chi connectivity index (χ4n) is 3.62. The normalized spacial score (nSPS) is 16.3. The molecule has 1 aromatic carbocycles. The minimum atomic E-state index is -0.406. The molecule has 3 aromatic rings. The van der Waals surface area contributed by atoms with Crippen molar-refractivity contribution in [2.75, 3.05) is 19.9 Å². The van der Waals surface area contributed by atoms with Crippen LogP contribution < -0.4 is 14.8 Å². The number of nitrogens with zero attached hydrogens (tertiary/aromatic N) is 3. The molecule has 1 saturated heterocycles. The van der Waals surface area contributed by atoms with E-state index < -0.39 is 5.91 Å². The van der Waals surface area contributed by atoms with Crippen LogP contribution in [0.4, 0.5) is 4.79 Å². The second-order valence-corrected chi connectivity index (χ2v) is 8.99. The van der Waals surface area contributed by atoms with Crippen molar-refractivity contribution in [1.29, 1.82) is 0 Å². The van der Waals surface area contributed by atoms with E-state index in [1.807, 2.05) is 13.8 Å². The van der Waals surface area contributed by atoms with Crippen molar-refractivity contribution < 1.29 is 28.4 Å². The zero-order valence-electron chi connectivity index (χ0n) is 18.4. The molecule has 0 atom stereocenters. The summed E-state index contributed by atoms with van der Waals surface area (Å²) in [5.41, 5.74) is 2.16. The number of pyridine rings is 1. The van der Waals surface area contributed by atoms with Gasteiger partial charge in [-0.25, -0.2) is 4.98 Å². The molecule has 174 valence electrons. The van der Waals surface area contributed by atoms with E-state index in [1.165, 1.54) is 6.20 Å². The van der Waals surface area contributed by atoms with Crippen LogP contribution in [-0.4, -0.2) is 52.0 Å². The maximum atomic E-state index is 12.7. The van der Waals surface area contributed by atoms with Gasteiger partial charge in [0.2, 0.25) is 6.79 Å². The monoisotopic (exact) mass is 480 g/mol. The lowest BCUT2D eigenvalue weighted by Crippen LogP contribution is -2.37. The van der Waals surface area contributed by atoms with E-state index in [0.29, 0.717) is 33.1 Å². The topological polar surface area (TPSA) is 124 Å². The first kappa shape index (κ1) is 22.0. The lowest BCUT2D eigenvalue weighted by molar-refractivity contribution is -0.122. The molecule has 2 aromatic heterocycles. The van der Waals surface area contributed by atoms with Gasteiger partial charge < -0.3 is 19.3 Å². The molecule has 0 bridgehead atoms. The summed E-state index contributed by atoms with van der Waals surface area (Å²) in [4.78, 5) is 43.3. The molecule has 4 heterocycles. The molecule has 2 aliphatic heterocycles. The molecule has 10 nitrogen and oxygen atoms in total. The molecule has 5 rings (SSSR count). The quantitative estimate of drug-likeness (QED) is 0.528. The van der Waals surface area contributed by atoms with Crippen LogP contribution in [0.5, 0.6) is 11.5 Å². The van der Waals surface area contributed by atoms with Gasteiger partial charge in [-0.15, -0.1) is 0 Å². The van der Waals surface area contributed by atoms with Crippen molar-refractivity contribution in [2.24, 2.45) is 0 Å². The third-order valence-corrected chi connectivity index (χ3v) is 6.26. The highest BCUT2D eigenvalue weighted by molar-refractivity contribution is 8.18. The molecule has 11 heteroatoms. The van der Waals surface area contributed by atoms with Crippen LogP contribution in [0.2, 0.25) is 0 Å². The van der Waals surface area contributed by atoms with Crippen molar-refractivity contribution in [1.82, 2.24) is 20.4 Å². The SMILES string of the molecule is CC(C)c1noc2ncc(C(=O)NCCN3C(=O)S/C(=C\c4ccc5c(c4)OCO5)C3=O)cc12. The van der Waals surface area contributed by atoms with Gasteiger partial charge in [-0.2, -0.15) is 0 Å². The highest BCUT2D eigenvalue weighted by Gasteiger charge is 2.34. The number of fused-ring (bicyclic) bond motifs is 2. The Morgan fingerprint density at radius 2 is 2.06 bits per heavy atom. The van der Waals surface area contributed by atoms with Crippen LogP contribution in [0, 0.1) is 0 Å². The Hall–Kier alpha value is -3.86. The van der Waals surface area contributed by atoms with Gasteiger partial charge in [0.25, 0.3) is 22.8 Å². The van der Waals surface area contributed by atoms with Gasteiger partial charge in [0, 0.05) is 19.3 Å². The van der Waals surface area contributed by atoms with Crippen molar-refractivity contribution in [3.05, 3.63) is 52.2 Å². The number of carbonyl (C=O) groups excluding carboxylic acids is 3. The predicted octanol–water partition coefficient (Wildman–Crippen LogP) is 3.54. The van der Waals surface area contributed by atoms with Gasteiger partial charge >= 0.3 is 0 Å². The van der Waals surface area contributed by atoms with E-state index in [2.05, 4.69) is 15.5 Å². The Bertz CT molecular complexity index is 1350. The second kappa shape index (κ2) is 8.82. The molecule has 34 heavy (non-hydrogen) atoms. The molecule has 0 saturated carbocycles. The van der Waals surface area contributed by atoms with Gasteiger partial charge in [0.15, 0.2) is 11.5 Å². The molecule has 1 fully saturated rings. The van der Waals surface area contributed by atoms with Crippen molar-refractivity contribution in [2.45, 2.75) is 19.8 Å². The second-order valence-electron chi connectivity index (χ2n) is 8.00. The zero-order valence-corrected chi connectivity index (χ0v) is 19.2. The Balaban J connectivity index is 1.22. The summed E-state index contributed by atoms with van der Waals surface area (Å²) in [6, 6.07) is 6.97. The molecule has 0 radical (unpaired) electrons. The Labute approximate surface area is 198 Å². The highest BCUT2D eigenvalue weighted by atomic mass is 32.2. The minimum absolute atomic E-state index is 0.0507. The lowest BCUT2D eigenvalue weighted by atomic mass is 10.1. The smallest absolute Gasteiger partial charge is 0.293 e. The van der Waals surface area contributed by atoms with Gasteiger partial charge in [-0.1, -0.05) is 25.1 Å². The summed E-state index contributed by atoms with van der Waals surface area (Å²) in [5, 5.41) is 7.03. The number of aromatic nitrogens is 2. The lowest BCUT2D eigenvalue weighted by Gasteiger charge is -2.13. The summed E-state index contributed by atoms with van der Waals surface area (Å²) in [7, 11) is 0. The van der Waals surface area contributed by atoms with Gasteiger partial charge in [0.1, 0.15) is 0 Å². The third-order valence-electron chi connectivity index (χ3n) is 5.36. The molecule has 0 aliphatic carbocycles. The molecular formula is C23H20N4O6S. The Kier molecular flexibility index (Phi) is 5.70. The first-order chi connectivity index (χ1) is 16.4. The highest BCUT2D eigenvalue weighted by Crippen LogP contribution is 2.36. The largest absolute Gasteiger partial charge is 0.454 e. The van der Waals surface area contributed by atoms with Crippen LogP contribution in [0.15, 0.2) is 39.9 Å². The van der Waals surface area contributed by atoms with E-state index in [1.54, 1.807) is 30.3 Å². The number of hydrogen-bond donors (Lipinski definition) is 1. The standard InChI is InChI=1S/C23H20N4O6S/c1-12(2)19-15-9-14(10-25-21(15)33-26-19)20(28)24-5-6-27-22(29)18(34-23(27)30)8-13-3-4-16-17(7-13)32-11-31-16/h3-4,7-10,12H,5-6,11H2,1-2H3,(H,24,28)/b18-8-. The van der Waals surface area contributed by atoms with Gasteiger partial charge in [-0.05, 0) is 47.5 Å². The Morgan fingerprint density at radius 3 is 2.88 bits per heavy atom. The number of carbonyl (C=O) groups is 3. The van der Waals surface area contributed by atoms with Crippen LogP contribution in [0.25, 0.3) is 17.2 Å². The van der Waals surface area contributed by atoms with Crippen LogP contribution in [-0.2, 0) is 4.79 Å². The number of thioether (sulfide) groups is 1. The Morgan fingerprint density at radius 1 is 1.24 bits per heavy atom. The minimum Gasteiger partial charge on any atom is -0.454 e. The van der Waals surface area contributed by atoms with Crippen molar-refractivity contribution >= 4 is 46.0 Å². The number of nitrogens with one attached hydrogen (secondary N) is 1. The number of ether oxygens (including phenoxy) is 2. The van der Waals surface area contributed by atoms with Gasteiger partial charge in [0.05, 0.1) is 21.5 Å². The van der Waals surface area contributed by atoms with Crippen molar-refractivity contribution in [3.63, 3.8) is 0 Å². The molecule has 0 spiro atoms. The van der Waals surface area contributed by atoms with E-state index in [-0.39, 0.29) is 36.9 Å². The first-order valence-electron chi connectivity index (χ1n) is 10.6. The van der Waals surface area contributed by atoms with E-state index in [9.17, 15) is 14.4 Å². The number of hydrogen-bond acceptors (Lipinski definition) is 9. The van der Waals surface area contributed by atoms with Crippen LogP contribution in [0.3, 0.4) is 0 Å². The number of amides is 3. The molecule has 2 aliphatic rings. The molecular weight excluding hydrogens is 460 g/mol. The van der Waals surface area contributed by atoms with E-state index >= 15 is 0 Å². The van der Waals surface area contributed by atoms with E-state index in [0.717, 1.165) is 27.9 Å². The third kappa shape index (κ3) is 4.10. The maximum absolute atomic E-state index is 12.7. The van der Waals surface area contributed by atoms with Crippen molar-refractivity contribution in [3.8, 4) is 11.5 Å². The molecule has 1 N–H and O–H groups in total. The number of benzene rings is 1. The summed E-state index contributed by atoms with van der Waals surface area (Å²) in [5.74, 6) is 0.574.